The van der Waals surface area contributed by atoms with Crippen molar-refractivity contribution in [3.05, 3.63) is 65.7 Å². The highest BCUT2D eigenvalue weighted by atomic mass is 16.5. The monoisotopic (exact) mass is 328 g/mol. The molecule has 0 saturated heterocycles. The van der Waals surface area contributed by atoms with Gasteiger partial charge in [0.1, 0.15) is 12.4 Å². The van der Waals surface area contributed by atoms with E-state index in [2.05, 4.69) is 10.2 Å². The number of methoxy groups -OCH3 is 1. The normalized spacial score (nSPS) is 11.8. The highest BCUT2D eigenvalue weighted by Crippen LogP contribution is 2.20. The zero-order chi connectivity index (χ0) is 17.4. The molecule has 1 N–H and O–H groups in total. The number of carbonyl (C=O) groups excluding carboxylic acids is 1. The summed E-state index contributed by atoms with van der Waals surface area (Å²) in [6.07, 6.45) is -0.417. The van der Waals surface area contributed by atoms with Crippen molar-refractivity contribution >= 4 is 6.09 Å². The molecule has 2 aromatic carbocycles. The molecule has 5 nitrogen and oxygen atoms in total. The third kappa shape index (κ3) is 5.28. The summed E-state index contributed by atoms with van der Waals surface area (Å²) < 4.78 is 10.4. The van der Waals surface area contributed by atoms with Gasteiger partial charge >= 0.3 is 6.09 Å². The van der Waals surface area contributed by atoms with Crippen molar-refractivity contribution in [2.24, 2.45) is 0 Å². The molecule has 0 radical (unpaired) electrons. The number of nitrogens with one attached hydrogen (secondary N) is 1. The summed E-state index contributed by atoms with van der Waals surface area (Å²) in [5.41, 5.74) is 2.07. The summed E-state index contributed by atoms with van der Waals surface area (Å²) >= 11 is 0. The fourth-order valence-electron chi connectivity index (χ4n) is 2.38. The second-order valence-electron chi connectivity index (χ2n) is 5.70. The van der Waals surface area contributed by atoms with Crippen LogP contribution < -0.4 is 10.1 Å². The maximum atomic E-state index is 11.9. The maximum Gasteiger partial charge on any atom is 0.407 e. The van der Waals surface area contributed by atoms with E-state index in [1.165, 1.54) is 0 Å². The standard InChI is InChI=1S/C19H24N2O3/c1-21(2)18(16-9-11-17(23-3)12-10-16)13-20-19(22)24-14-15-7-5-4-6-8-15/h4-12,18H,13-14H2,1-3H3,(H,20,22). The molecule has 0 bridgehead atoms. The Bertz CT molecular complexity index is 627. The van der Waals surface area contributed by atoms with Gasteiger partial charge in [0.15, 0.2) is 0 Å². The average Bonchev–Trinajstić information content (AvgIpc) is 2.61. The van der Waals surface area contributed by atoms with Gasteiger partial charge in [0, 0.05) is 6.54 Å². The molecule has 24 heavy (non-hydrogen) atoms. The molecule has 128 valence electrons. The molecule has 0 saturated carbocycles. The highest BCUT2D eigenvalue weighted by Gasteiger charge is 2.15. The molecule has 0 fully saturated rings. The summed E-state index contributed by atoms with van der Waals surface area (Å²) in [6, 6.07) is 17.5. The van der Waals surface area contributed by atoms with Crippen LogP contribution in [0.4, 0.5) is 4.79 Å². The smallest absolute Gasteiger partial charge is 0.407 e. The van der Waals surface area contributed by atoms with Crippen molar-refractivity contribution in [1.82, 2.24) is 10.2 Å². The number of hydrogen-bond acceptors (Lipinski definition) is 4. The summed E-state index contributed by atoms with van der Waals surface area (Å²) in [7, 11) is 5.60. The van der Waals surface area contributed by atoms with Crippen LogP contribution in [0.1, 0.15) is 17.2 Å². The number of likely N-dealkylation sites (N-methyl/N-ethyl adjacent to an activating group) is 1. The topological polar surface area (TPSA) is 50.8 Å². The second-order valence-corrected chi connectivity index (χ2v) is 5.70. The predicted molar refractivity (Wildman–Crippen MR) is 94.1 cm³/mol. The first-order valence-corrected chi connectivity index (χ1v) is 7.85. The first kappa shape index (κ1) is 17.8. The van der Waals surface area contributed by atoms with Gasteiger partial charge in [-0.3, -0.25) is 0 Å². The molecule has 1 amide bonds. The van der Waals surface area contributed by atoms with Crippen LogP contribution in [0.2, 0.25) is 0 Å². The minimum atomic E-state index is -0.417. The summed E-state index contributed by atoms with van der Waals surface area (Å²) in [4.78, 5) is 14.0. The molecule has 5 heteroatoms. The lowest BCUT2D eigenvalue weighted by atomic mass is 10.1. The number of carbonyl (C=O) groups is 1. The molecule has 1 atom stereocenters. The van der Waals surface area contributed by atoms with E-state index in [1.807, 2.05) is 68.7 Å². The Morgan fingerprint density at radius 2 is 1.75 bits per heavy atom. The van der Waals surface area contributed by atoms with Crippen LogP contribution in [0.3, 0.4) is 0 Å². The summed E-state index contributed by atoms with van der Waals surface area (Å²) in [5.74, 6) is 0.812. The fourth-order valence-corrected chi connectivity index (χ4v) is 2.38. The minimum absolute atomic E-state index is 0.0557. The zero-order valence-corrected chi connectivity index (χ0v) is 14.4. The number of hydrogen-bond donors (Lipinski definition) is 1. The Labute approximate surface area is 143 Å². The highest BCUT2D eigenvalue weighted by molar-refractivity contribution is 5.67. The molecule has 0 aliphatic rings. The largest absolute Gasteiger partial charge is 0.497 e. The molecule has 0 aliphatic heterocycles. The van der Waals surface area contributed by atoms with Gasteiger partial charge in [0.25, 0.3) is 0 Å². The van der Waals surface area contributed by atoms with Crippen molar-refractivity contribution in [1.29, 1.82) is 0 Å². The molecular formula is C19H24N2O3. The lowest BCUT2D eigenvalue weighted by Crippen LogP contribution is -2.34. The summed E-state index contributed by atoms with van der Waals surface area (Å²) in [5, 5.41) is 2.83. The van der Waals surface area contributed by atoms with E-state index in [0.29, 0.717) is 6.54 Å². The van der Waals surface area contributed by atoms with E-state index in [0.717, 1.165) is 16.9 Å². The quantitative estimate of drug-likeness (QED) is 0.848. The number of rotatable bonds is 7. The van der Waals surface area contributed by atoms with Crippen molar-refractivity contribution in [2.75, 3.05) is 27.7 Å². The number of amides is 1. The predicted octanol–water partition coefficient (Wildman–Crippen LogP) is 3.22. The Kier molecular flexibility index (Phi) is 6.63. The lowest BCUT2D eigenvalue weighted by molar-refractivity contribution is 0.136. The van der Waals surface area contributed by atoms with Crippen molar-refractivity contribution in [3.8, 4) is 5.75 Å². The van der Waals surface area contributed by atoms with Crippen LogP contribution in [0.25, 0.3) is 0 Å². The van der Waals surface area contributed by atoms with Crippen molar-refractivity contribution in [3.63, 3.8) is 0 Å². The van der Waals surface area contributed by atoms with Crippen LogP contribution >= 0.6 is 0 Å². The summed E-state index contributed by atoms with van der Waals surface area (Å²) in [6.45, 7) is 0.731. The Morgan fingerprint density at radius 1 is 1.08 bits per heavy atom. The van der Waals surface area contributed by atoms with Crippen LogP contribution in [0, 0.1) is 0 Å². The number of ether oxygens (including phenoxy) is 2. The van der Waals surface area contributed by atoms with E-state index in [-0.39, 0.29) is 12.6 Å². The maximum absolute atomic E-state index is 11.9. The van der Waals surface area contributed by atoms with Gasteiger partial charge in [-0.2, -0.15) is 0 Å². The van der Waals surface area contributed by atoms with Crippen LogP contribution in [0.15, 0.2) is 54.6 Å². The van der Waals surface area contributed by atoms with Gasteiger partial charge in [0.2, 0.25) is 0 Å². The van der Waals surface area contributed by atoms with Gasteiger partial charge in [-0.25, -0.2) is 4.79 Å². The van der Waals surface area contributed by atoms with Gasteiger partial charge < -0.3 is 19.7 Å². The van der Waals surface area contributed by atoms with Crippen molar-refractivity contribution < 1.29 is 14.3 Å². The SMILES string of the molecule is COc1ccc(C(CNC(=O)OCc2ccccc2)N(C)C)cc1. The number of nitrogens with zero attached hydrogens (tertiary/aromatic N) is 1. The van der Waals surface area contributed by atoms with Crippen LogP contribution in [-0.4, -0.2) is 38.7 Å². The van der Waals surface area contributed by atoms with E-state index in [1.54, 1.807) is 7.11 Å². The van der Waals surface area contributed by atoms with E-state index in [4.69, 9.17) is 9.47 Å². The number of alkyl carbamates (subject to hydrolysis) is 1. The van der Waals surface area contributed by atoms with Crippen LogP contribution in [0.5, 0.6) is 5.75 Å². The third-order valence-corrected chi connectivity index (χ3v) is 3.78. The van der Waals surface area contributed by atoms with Gasteiger partial charge in [0.05, 0.1) is 13.2 Å². The Balaban J connectivity index is 1.87. The Hall–Kier alpha value is -2.53. The van der Waals surface area contributed by atoms with E-state index < -0.39 is 6.09 Å². The van der Waals surface area contributed by atoms with Crippen LogP contribution in [-0.2, 0) is 11.3 Å². The number of benzene rings is 2. The molecule has 2 rings (SSSR count). The second kappa shape index (κ2) is 8.93. The lowest BCUT2D eigenvalue weighted by Gasteiger charge is -2.25. The van der Waals surface area contributed by atoms with Crippen molar-refractivity contribution in [2.45, 2.75) is 12.6 Å². The minimum Gasteiger partial charge on any atom is -0.497 e. The van der Waals surface area contributed by atoms with Gasteiger partial charge in [-0.05, 0) is 37.4 Å². The third-order valence-electron chi connectivity index (χ3n) is 3.78. The molecule has 2 aromatic rings. The average molecular weight is 328 g/mol. The molecule has 0 spiro atoms. The van der Waals surface area contributed by atoms with Gasteiger partial charge in [-0.15, -0.1) is 0 Å². The van der Waals surface area contributed by atoms with Gasteiger partial charge in [-0.1, -0.05) is 42.5 Å². The first-order chi connectivity index (χ1) is 11.6. The molecular weight excluding hydrogens is 304 g/mol. The van der Waals surface area contributed by atoms with E-state index >= 15 is 0 Å². The molecule has 1 unspecified atom stereocenters. The first-order valence-electron chi connectivity index (χ1n) is 7.85. The molecule has 0 aliphatic carbocycles. The Morgan fingerprint density at radius 3 is 2.33 bits per heavy atom. The fraction of sp³-hybridized carbons (Fsp3) is 0.316. The van der Waals surface area contributed by atoms with E-state index in [9.17, 15) is 4.79 Å². The molecule has 0 heterocycles. The zero-order valence-electron chi connectivity index (χ0n) is 14.4. The molecule has 0 aromatic heterocycles.